The molecule has 2 atom stereocenters. The van der Waals surface area contributed by atoms with Gasteiger partial charge in [-0.25, -0.2) is 4.79 Å². The molecule has 2 unspecified atom stereocenters. The third kappa shape index (κ3) is 8.20. The van der Waals surface area contributed by atoms with Crippen LogP contribution in [0, 0.1) is 26.7 Å². The van der Waals surface area contributed by atoms with E-state index in [1.807, 2.05) is 39.0 Å². The van der Waals surface area contributed by atoms with Gasteiger partial charge in [-0.2, -0.15) is 0 Å². The zero-order valence-corrected chi connectivity index (χ0v) is 24.3. The van der Waals surface area contributed by atoms with Crippen LogP contribution in [0.25, 0.3) is 0 Å². The maximum atomic E-state index is 14.0. The topological polar surface area (TPSA) is 108 Å². The van der Waals surface area contributed by atoms with Crippen LogP contribution >= 0.6 is 11.6 Å². The molecule has 3 N–H and O–H groups in total. The molecular formula is C29H40ClN3O5. The number of rotatable bonds is 9. The number of para-hydroxylation sites is 1. The third-order valence-electron chi connectivity index (χ3n) is 5.98. The van der Waals surface area contributed by atoms with Crippen LogP contribution in [0.4, 0.5) is 10.5 Å². The summed E-state index contributed by atoms with van der Waals surface area (Å²) in [5.41, 5.74) is 2.85. The Balaban J connectivity index is 2.58. The summed E-state index contributed by atoms with van der Waals surface area (Å²) < 4.78 is 5.37. The second kappa shape index (κ2) is 13.1. The number of aliphatic hydroxyl groups is 1. The van der Waals surface area contributed by atoms with Crippen molar-refractivity contribution in [1.29, 1.82) is 0 Å². The molecule has 0 aliphatic rings. The van der Waals surface area contributed by atoms with E-state index in [1.165, 1.54) is 4.90 Å². The SMILES string of the molecule is Cc1ccc(C(C(=O)Nc2c(C)cccc2Cl)N(CCO)C(=O)C(NC(=O)OC(C)(C)C)C(C)C)c(C)c1. The fourth-order valence-electron chi connectivity index (χ4n) is 4.17. The smallest absolute Gasteiger partial charge is 0.408 e. The first-order valence-corrected chi connectivity index (χ1v) is 13.1. The lowest BCUT2D eigenvalue weighted by Gasteiger charge is -2.36. The van der Waals surface area contributed by atoms with Crippen molar-refractivity contribution < 1.29 is 24.2 Å². The summed E-state index contributed by atoms with van der Waals surface area (Å²) >= 11 is 6.39. The van der Waals surface area contributed by atoms with E-state index in [-0.39, 0.29) is 19.1 Å². The maximum Gasteiger partial charge on any atom is 0.408 e. The summed E-state index contributed by atoms with van der Waals surface area (Å²) in [6, 6.07) is 8.77. The Morgan fingerprint density at radius 1 is 1.05 bits per heavy atom. The number of benzene rings is 2. The molecule has 2 aromatic carbocycles. The summed E-state index contributed by atoms with van der Waals surface area (Å²) in [5, 5.41) is 15.9. The molecule has 9 heteroatoms. The van der Waals surface area contributed by atoms with Crippen LogP contribution in [-0.4, -0.2) is 52.7 Å². The second-order valence-electron chi connectivity index (χ2n) is 10.8. The van der Waals surface area contributed by atoms with E-state index in [9.17, 15) is 19.5 Å². The van der Waals surface area contributed by atoms with E-state index in [0.717, 1.165) is 16.7 Å². The molecule has 0 bridgehead atoms. The van der Waals surface area contributed by atoms with E-state index in [1.54, 1.807) is 52.8 Å². The Bertz CT molecular complexity index is 1140. The zero-order chi connectivity index (χ0) is 28.8. The minimum absolute atomic E-state index is 0.134. The summed E-state index contributed by atoms with van der Waals surface area (Å²) in [7, 11) is 0. The molecule has 0 heterocycles. The van der Waals surface area contributed by atoms with Gasteiger partial charge in [-0.3, -0.25) is 9.59 Å². The molecule has 0 radical (unpaired) electrons. The highest BCUT2D eigenvalue weighted by atomic mass is 35.5. The predicted octanol–water partition coefficient (Wildman–Crippen LogP) is 5.32. The number of carbonyl (C=O) groups is 3. The number of ether oxygens (including phenoxy) is 1. The Hall–Kier alpha value is -3.10. The average molecular weight is 546 g/mol. The molecule has 2 rings (SSSR count). The fraction of sp³-hybridized carbons (Fsp3) is 0.483. The van der Waals surface area contributed by atoms with Crippen molar-refractivity contribution in [1.82, 2.24) is 10.2 Å². The molecule has 0 fully saturated rings. The number of hydrogen-bond donors (Lipinski definition) is 3. The predicted molar refractivity (Wildman–Crippen MR) is 150 cm³/mol. The van der Waals surface area contributed by atoms with Crippen molar-refractivity contribution in [2.75, 3.05) is 18.5 Å². The summed E-state index contributed by atoms with van der Waals surface area (Å²) in [4.78, 5) is 41.8. The lowest BCUT2D eigenvalue weighted by Crippen LogP contribution is -2.55. The molecule has 0 spiro atoms. The first-order chi connectivity index (χ1) is 17.7. The number of halogens is 1. The quantitative estimate of drug-likeness (QED) is 0.395. The second-order valence-corrected chi connectivity index (χ2v) is 11.2. The highest BCUT2D eigenvalue weighted by Gasteiger charge is 2.38. The van der Waals surface area contributed by atoms with Gasteiger partial charge in [0.15, 0.2) is 0 Å². The molecular weight excluding hydrogens is 506 g/mol. The lowest BCUT2D eigenvalue weighted by atomic mass is 9.95. The van der Waals surface area contributed by atoms with Gasteiger partial charge in [0.05, 0.1) is 17.3 Å². The molecule has 208 valence electrons. The van der Waals surface area contributed by atoms with Crippen molar-refractivity contribution in [3.63, 3.8) is 0 Å². The van der Waals surface area contributed by atoms with Crippen LogP contribution in [0.3, 0.4) is 0 Å². The Kier molecular flexibility index (Phi) is 10.7. The number of nitrogens with zero attached hydrogens (tertiary/aromatic N) is 1. The number of carbonyl (C=O) groups excluding carboxylic acids is 3. The van der Waals surface area contributed by atoms with E-state index in [2.05, 4.69) is 10.6 Å². The van der Waals surface area contributed by atoms with Gasteiger partial charge >= 0.3 is 6.09 Å². The molecule has 38 heavy (non-hydrogen) atoms. The molecule has 0 aliphatic heterocycles. The van der Waals surface area contributed by atoms with Crippen molar-refractivity contribution in [3.05, 3.63) is 63.7 Å². The Labute approximate surface area is 230 Å². The highest BCUT2D eigenvalue weighted by molar-refractivity contribution is 6.34. The van der Waals surface area contributed by atoms with E-state index < -0.39 is 35.6 Å². The van der Waals surface area contributed by atoms with Gasteiger partial charge in [-0.05, 0) is 70.2 Å². The van der Waals surface area contributed by atoms with E-state index in [0.29, 0.717) is 16.3 Å². The van der Waals surface area contributed by atoms with Gasteiger partial charge in [0.25, 0.3) is 5.91 Å². The Morgan fingerprint density at radius 2 is 1.71 bits per heavy atom. The van der Waals surface area contributed by atoms with Crippen LogP contribution in [-0.2, 0) is 14.3 Å². The van der Waals surface area contributed by atoms with Crippen molar-refractivity contribution >= 4 is 35.2 Å². The molecule has 3 amide bonds. The van der Waals surface area contributed by atoms with Gasteiger partial charge in [0, 0.05) is 6.54 Å². The van der Waals surface area contributed by atoms with Crippen LogP contribution in [0.15, 0.2) is 36.4 Å². The first kappa shape index (κ1) is 31.1. The van der Waals surface area contributed by atoms with Crippen LogP contribution < -0.4 is 10.6 Å². The van der Waals surface area contributed by atoms with Crippen molar-refractivity contribution in [2.45, 2.75) is 73.1 Å². The molecule has 0 saturated carbocycles. The average Bonchev–Trinajstić information content (AvgIpc) is 2.79. The number of aliphatic hydroxyl groups excluding tert-OH is 1. The first-order valence-electron chi connectivity index (χ1n) is 12.7. The number of alkyl carbamates (subject to hydrolysis) is 1. The number of amides is 3. The largest absolute Gasteiger partial charge is 0.444 e. The minimum atomic E-state index is -1.10. The summed E-state index contributed by atoms with van der Waals surface area (Å²) in [6.07, 6.45) is -0.743. The van der Waals surface area contributed by atoms with Gasteiger partial charge in [0.2, 0.25) is 5.91 Å². The normalized spacial score (nSPS) is 13.0. The highest BCUT2D eigenvalue weighted by Crippen LogP contribution is 2.31. The van der Waals surface area contributed by atoms with Gasteiger partial charge in [0.1, 0.15) is 17.7 Å². The van der Waals surface area contributed by atoms with Gasteiger partial charge in [-0.15, -0.1) is 0 Å². The number of hydrogen-bond acceptors (Lipinski definition) is 5. The maximum absolute atomic E-state index is 14.0. The van der Waals surface area contributed by atoms with Crippen LogP contribution in [0.2, 0.25) is 5.02 Å². The molecule has 8 nitrogen and oxygen atoms in total. The Morgan fingerprint density at radius 3 is 2.24 bits per heavy atom. The van der Waals surface area contributed by atoms with Gasteiger partial charge < -0.3 is 25.4 Å². The molecule has 0 saturated heterocycles. The zero-order valence-electron chi connectivity index (χ0n) is 23.5. The number of anilines is 1. The summed E-state index contributed by atoms with van der Waals surface area (Å²) in [6.45, 7) is 13.9. The third-order valence-corrected chi connectivity index (χ3v) is 6.29. The number of nitrogens with one attached hydrogen (secondary N) is 2. The number of aryl methyl sites for hydroxylation is 3. The van der Waals surface area contributed by atoms with Crippen LogP contribution in [0.1, 0.15) is 62.9 Å². The summed E-state index contributed by atoms with van der Waals surface area (Å²) in [5.74, 6) is -1.34. The van der Waals surface area contributed by atoms with E-state index >= 15 is 0 Å². The minimum Gasteiger partial charge on any atom is -0.444 e. The van der Waals surface area contributed by atoms with Crippen molar-refractivity contribution in [2.24, 2.45) is 5.92 Å². The standard InChI is InChI=1S/C29H40ClN3O5/c1-17(2)23(32-28(37)38-29(6,7)8)27(36)33(14-15-34)25(21-13-12-18(3)16-20(21)5)26(35)31-24-19(4)10-9-11-22(24)30/h9-13,16-17,23,25,34H,14-15H2,1-8H3,(H,31,35)(H,32,37). The monoisotopic (exact) mass is 545 g/mol. The van der Waals surface area contributed by atoms with Crippen LogP contribution in [0.5, 0.6) is 0 Å². The molecule has 0 aliphatic carbocycles. The fourth-order valence-corrected chi connectivity index (χ4v) is 4.43. The molecule has 2 aromatic rings. The van der Waals surface area contributed by atoms with Gasteiger partial charge in [-0.1, -0.05) is 61.3 Å². The molecule has 0 aromatic heterocycles. The van der Waals surface area contributed by atoms with E-state index in [4.69, 9.17) is 16.3 Å². The lowest BCUT2D eigenvalue weighted by molar-refractivity contribution is -0.142. The van der Waals surface area contributed by atoms with Crippen molar-refractivity contribution in [3.8, 4) is 0 Å².